The van der Waals surface area contributed by atoms with Gasteiger partial charge in [0.25, 0.3) is 0 Å². The van der Waals surface area contributed by atoms with Gasteiger partial charge < -0.3 is 20.1 Å². The van der Waals surface area contributed by atoms with Gasteiger partial charge in [-0.15, -0.1) is 24.0 Å². The first-order valence-corrected chi connectivity index (χ1v) is 11.4. The molecule has 0 spiro atoms. The predicted molar refractivity (Wildman–Crippen MR) is 127 cm³/mol. The van der Waals surface area contributed by atoms with Gasteiger partial charge in [0.15, 0.2) is 5.96 Å². The minimum absolute atomic E-state index is 0. The van der Waals surface area contributed by atoms with Crippen LogP contribution >= 0.6 is 24.0 Å². The fourth-order valence-corrected chi connectivity index (χ4v) is 3.86. The lowest BCUT2D eigenvalue weighted by Crippen LogP contribution is -2.42. The van der Waals surface area contributed by atoms with Crippen molar-refractivity contribution in [2.75, 3.05) is 39.1 Å². The van der Waals surface area contributed by atoms with Crippen LogP contribution in [0.25, 0.3) is 0 Å². The lowest BCUT2D eigenvalue weighted by Gasteiger charge is -2.22. The zero-order chi connectivity index (χ0) is 20.2. The molecule has 0 aliphatic carbocycles. The Morgan fingerprint density at radius 3 is 2.76 bits per heavy atom. The lowest BCUT2D eigenvalue weighted by molar-refractivity contribution is 0.0200. The molecule has 0 bridgehead atoms. The van der Waals surface area contributed by atoms with E-state index in [0.717, 1.165) is 30.6 Å². The molecule has 0 saturated carbocycles. The molecule has 8 nitrogen and oxygen atoms in total. The average Bonchev–Trinajstić information content (AvgIpc) is 2.71. The van der Waals surface area contributed by atoms with Crippen molar-refractivity contribution in [3.63, 3.8) is 0 Å². The molecule has 10 heteroatoms. The molecule has 2 rings (SSSR count). The Morgan fingerprint density at radius 1 is 1.28 bits per heavy atom. The molecule has 0 amide bonds. The van der Waals surface area contributed by atoms with Crippen LogP contribution in [0.3, 0.4) is 0 Å². The van der Waals surface area contributed by atoms with E-state index in [-0.39, 0.29) is 42.4 Å². The third kappa shape index (κ3) is 9.96. The Morgan fingerprint density at radius 2 is 2.07 bits per heavy atom. The van der Waals surface area contributed by atoms with Crippen molar-refractivity contribution >= 4 is 40.0 Å². The Labute approximate surface area is 191 Å². The van der Waals surface area contributed by atoms with E-state index < -0.39 is 10.0 Å². The summed E-state index contributed by atoms with van der Waals surface area (Å²) in [5, 5.41) is 6.19. The van der Waals surface area contributed by atoms with E-state index in [0.29, 0.717) is 32.2 Å². The van der Waals surface area contributed by atoms with Gasteiger partial charge in [0.05, 0.1) is 25.5 Å². The summed E-state index contributed by atoms with van der Waals surface area (Å²) in [4.78, 5) is 4.51. The fraction of sp³-hybridized carbons (Fsp3) is 0.632. The lowest BCUT2D eigenvalue weighted by atomic mass is 10.1. The molecular weight excluding hydrogens is 507 g/mol. The highest BCUT2D eigenvalue weighted by molar-refractivity contribution is 14.0. The van der Waals surface area contributed by atoms with E-state index in [1.54, 1.807) is 7.11 Å². The molecule has 0 aromatic heterocycles. The quantitative estimate of drug-likeness (QED) is 0.238. The topological polar surface area (TPSA) is 101 Å². The molecule has 1 atom stereocenters. The number of benzene rings is 1. The predicted octanol–water partition coefficient (Wildman–Crippen LogP) is 1.86. The Kier molecular flexibility index (Phi) is 12.5. The first-order valence-electron chi connectivity index (χ1n) is 9.77. The third-order valence-electron chi connectivity index (χ3n) is 4.41. The van der Waals surface area contributed by atoms with Gasteiger partial charge in [-0.25, -0.2) is 18.1 Å². The van der Waals surface area contributed by atoms with Crippen molar-refractivity contribution in [1.29, 1.82) is 0 Å². The van der Waals surface area contributed by atoms with Crippen LogP contribution in [0, 0.1) is 0 Å². The SMILES string of the molecule is CCNC(=NCc1ccccc1OC)NCCS(=O)(=O)NCC1CCCCO1.I. The number of ether oxygens (including phenoxy) is 2. The summed E-state index contributed by atoms with van der Waals surface area (Å²) in [6, 6.07) is 7.68. The van der Waals surface area contributed by atoms with Crippen molar-refractivity contribution in [3.05, 3.63) is 29.8 Å². The molecule has 1 aromatic carbocycles. The van der Waals surface area contributed by atoms with E-state index in [1.165, 1.54) is 0 Å². The van der Waals surface area contributed by atoms with Crippen LogP contribution in [-0.2, 0) is 21.3 Å². The van der Waals surface area contributed by atoms with Crippen molar-refractivity contribution in [3.8, 4) is 5.75 Å². The molecule has 1 aromatic rings. The summed E-state index contributed by atoms with van der Waals surface area (Å²) in [6.45, 7) is 4.39. The standard InChI is InChI=1S/C19H32N4O4S.HI/c1-3-20-19(22-14-16-8-4-5-10-18(16)26-2)21-11-13-28(24,25)23-15-17-9-6-7-12-27-17;/h4-5,8,10,17,23H,3,6-7,9,11-15H2,1-2H3,(H2,20,21,22);1H. The first kappa shape index (κ1) is 25.9. The van der Waals surface area contributed by atoms with Crippen LogP contribution in [0.5, 0.6) is 5.75 Å². The zero-order valence-electron chi connectivity index (χ0n) is 17.1. The minimum Gasteiger partial charge on any atom is -0.496 e. The van der Waals surface area contributed by atoms with Crippen molar-refractivity contribution in [1.82, 2.24) is 15.4 Å². The van der Waals surface area contributed by atoms with E-state index in [2.05, 4.69) is 20.3 Å². The van der Waals surface area contributed by atoms with Gasteiger partial charge in [-0.2, -0.15) is 0 Å². The number of guanidine groups is 1. The second-order valence-corrected chi connectivity index (χ2v) is 8.52. The van der Waals surface area contributed by atoms with Crippen molar-refractivity contribution in [2.24, 2.45) is 4.99 Å². The second-order valence-electron chi connectivity index (χ2n) is 6.59. The summed E-state index contributed by atoms with van der Waals surface area (Å²) < 4.78 is 37.9. The molecule has 166 valence electrons. The number of halogens is 1. The highest BCUT2D eigenvalue weighted by atomic mass is 127. The summed E-state index contributed by atoms with van der Waals surface area (Å²) in [5.41, 5.74) is 0.962. The number of aliphatic imine (C=N–C) groups is 1. The van der Waals surface area contributed by atoms with Gasteiger partial charge >= 0.3 is 0 Å². The molecule has 0 radical (unpaired) electrons. The number of hydrogen-bond donors (Lipinski definition) is 3. The third-order valence-corrected chi connectivity index (χ3v) is 5.76. The summed E-state index contributed by atoms with van der Waals surface area (Å²) in [7, 11) is -1.74. The Bertz CT molecular complexity index is 725. The van der Waals surface area contributed by atoms with E-state index in [4.69, 9.17) is 9.47 Å². The number of hydrogen-bond acceptors (Lipinski definition) is 5. The normalized spacial score (nSPS) is 17.3. The summed E-state index contributed by atoms with van der Waals surface area (Å²) in [5.74, 6) is 1.32. The zero-order valence-corrected chi connectivity index (χ0v) is 20.3. The molecule has 1 unspecified atom stereocenters. The Hall–Kier alpha value is -1.11. The van der Waals surface area contributed by atoms with E-state index >= 15 is 0 Å². The van der Waals surface area contributed by atoms with Gasteiger partial charge in [-0.3, -0.25) is 0 Å². The van der Waals surface area contributed by atoms with E-state index in [9.17, 15) is 8.42 Å². The second kappa shape index (κ2) is 14.0. The molecule has 1 aliphatic rings. The van der Waals surface area contributed by atoms with Gasteiger partial charge in [0, 0.05) is 31.8 Å². The number of nitrogens with zero attached hydrogens (tertiary/aromatic N) is 1. The maximum absolute atomic E-state index is 12.2. The summed E-state index contributed by atoms with van der Waals surface area (Å²) >= 11 is 0. The number of nitrogens with one attached hydrogen (secondary N) is 3. The van der Waals surface area contributed by atoms with Crippen LogP contribution in [-0.4, -0.2) is 59.6 Å². The maximum Gasteiger partial charge on any atom is 0.213 e. The van der Waals surface area contributed by atoms with Crippen LogP contribution in [0.15, 0.2) is 29.3 Å². The fourth-order valence-electron chi connectivity index (χ4n) is 2.90. The molecular formula is C19H33IN4O4S. The Balaban J connectivity index is 0.00000420. The van der Waals surface area contributed by atoms with Crippen molar-refractivity contribution in [2.45, 2.75) is 38.8 Å². The van der Waals surface area contributed by atoms with Gasteiger partial charge in [0.2, 0.25) is 10.0 Å². The smallest absolute Gasteiger partial charge is 0.213 e. The largest absolute Gasteiger partial charge is 0.496 e. The molecule has 1 aliphatic heterocycles. The van der Waals surface area contributed by atoms with Crippen molar-refractivity contribution < 1.29 is 17.9 Å². The molecule has 29 heavy (non-hydrogen) atoms. The van der Waals surface area contributed by atoms with Crippen LogP contribution in [0.1, 0.15) is 31.7 Å². The van der Waals surface area contributed by atoms with Crippen LogP contribution < -0.4 is 20.1 Å². The first-order chi connectivity index (χ1) is 13.5. The average molecular weight is 540 g/mol. The molecule has 1 fully saturated rings. The van der Waals surface area contributed by atoms with Gasteiger partial charge in [0.1, 0.15) is 5.75 Å². The van der Waals surface area contributed by atoms with Crippen LogP contribution in [0.4, 0.5) is 0 Å². The minimum atomic E-state index is -3.36. The monoisotopic (exact) mass is 540 g/mol. The number of sulfonamides is 1. The van der Waals surface area contributed by atoms with Gasteiger partial charge in [-0.1, -0.05) is 18.2 Å². The highest BCUT2D eigenvalue weighted by Gasteiger charge is 2.17. The van der Waals surface area contributed by atoms with Gasteiger partial charge in [-0.05, 0) is 32.3 Å². The van der Waals surface area contributed by atoms with Crippen LogP contribution in [0.2, 0.25) is 0 Å². The molecule has 3 N–H and O–H groups in total. The number of methoxy groups -OCH3 is 1. The number of rotatable bonds is 10. The molecule has 1 saturated heterocycles. The maximum atomic E-state index is 12.2. The number of para-hydroxylation sites is 1. The summed E-state index contributed by atoms with van der Waals surface area (Å²) in [6.07, 6.45) is 3.02. The molecule has 1 heterocycles. The van der Waals surface area contributed by atoms with E-state index in [1.807, 2.05) is 31.2 Å². The highest BCUT2D eigenvalue weighted by Crippen LogP contribution is 2.17.